The van der Waals surface area contributed by atoms with Crippen LogP contribution in [0.2, 0.25) is 0 Å². The highest BCUT2D eigenvalue weighted by atomic mass is 16.5. The zero-order valence-corrected chi connectivity index (χ0v) is 21.1. The third-order valence-corrected chi connectivity index (χ3v) is 5.66. The Bertz CT molecular complexity index is 938. The highest BCUT2D eigenvalue weighted by Crippen LogP contribution is 2.40. The van der Waals surface area contributed by atoms with E-state index in [9.17, 15) is 5.11 Å². The first-order valence-corrected chi connectivity index (χ1v) is 12.4. The number of hydrogen-bond donors (Lipinski definition) is 1. The highest BCUT2D eigenvalue weighted by molar-refractivity contribution is 5.47. The Labute approximate surface area is 210 Å². The minimum absolute atomic E-state index is 0.135. The number of aliphatic hydroxyl groups is 1. The Morgan fingerprint density at radius 2 is 1.17 bits per heavy atom. The maximum atomic E-state index is 10.3. The van der Waals surface area contributed by atoms with Gasteiger partial charge in [0.15, 0.2) is 0 Å². The number of hydrogen-bond acceptors (Lipinski definition) is 3. The van der Waals surface area contributed by atoms with Crippen LogP contribution in [0.3, 0.4) is 0 Å². The molecule has 0 amide bonds. The molecule has 0 bridgehead atoms. The molecule has 1 N–H and O–H groups in total. The van der Waals surface area contributed by atoms with Gasteiger partial charge in [0.1, 0.15) is 5.60 Å². The first-order valence-electron chi connectivity index (χ1n) is 12.4. The minimum atomic E-state index is -0.736. The molecule has 3 aromatic rings. The second kappa shape index (κ2) is 13.2. The minimum Gasteiger partial charge on any atom is -0.389 e. The van der Waals surface area contributed by atoms with Crippen LogP contribution in [0.25, 0.3) is 0 Å². The van der Waals surface area contributed by atoms with Gasteiger partial charge < -0.3 is 14.6 Å². The van der Waals surface area contributed by atoms with E-state index in [1.165, 1.54) is 0 Å². The van der Waals surface area contributed by atoms with Gasteiger partial charge in [0.05, 0.1) is 24.9 Å². The van der Waals surface area contributed by atoms with Crippen LogP contribution in [0.5, 0.6) is 0 Å². The number of aliphatic hydroxyl groups excluding tert-OH is 1. The van der Waals surface area contributed by atoms with Crippen molar-refractivity contribution >= 4 is 0 Å². The van der Waals surface area contributed by atoms with Gasteiger partial charge in [-0.1, -0.05) is 115 Å². The number of ether oxygens (including phenoxy) is 2. The Morgan fingerprint density at radius 3 is 1.63 bits per heavy atom. The van der Waals surface area contributed by atoms with E-state index in [1.54, 1.807) is 0 Å². The van der Waals surface area contributed by atoms with Gasteiger partial charge in [-0.25, -0.2) is 0 Å². The van der Waals surface area contributed by atoms with Crippen molar-refractivity contribution in [2.75, 3.05) is 13.2 Å². The second-order valence-electron chi connectivity index (χ2n) is 9.54. The average molecular weight is 471 g/mol. The highest BCUT2D eigenvalue weighted by Gasteiger charge is 2.37. The van der Waals surface area contributed by atoms with Gasteiger partial charge in [0.2, 0.25) is 0 Å². The van der Waals surface area contributed by atoms with E-state index in [-0.39, 0.29) is 5.60 Å². The lowest BCUT2D eigenvalue weighted by Crippen LogP contribution is -2.33. The zero-order chi connectivity index (χ0) is 25.0. The summed E-state index contributed by atoms with van der Waals surface area (Å²) in [4.78, 5) is 0. The van der Waals surface area contributed by atoms with Gasteiger partial charge in [-0.05, 0) is 50.3 Å². The van der Waals surface area contributed by atoms with Crippen molar-refractivity contribution in [3.8, 4) is 0 Å². The number of benzene rings is 3. The lowest BCUT2D eigenvalue weighted by Gasteiger charge is -2.35. The molecule has 0 saturated carbocycles. The maximum absolute atomic E-state index is 10.3. The fourth-order valence-corrected chi connectivity index (χ4v) is 4.01. The Kier molecular flexibility index (Phi) is 10.0. The van der Waals surface area contributed by atoms with Crippen molar-refractivity contribution < 1.29 is 14.6 Å². The van der Waals surface area contributed by atoms with Gasteiger partial charge >= 0.3 is 0 Å². The summed E-state index contributed by atoms with van der Waals surface area (Å²) in [5.41, 5.74) is 2.35. The quantitative estimate of drug-likeness (QED) is 0.175. The summed E-state index contributed by atoms with van der Waals surface area (Å²) >= 11 is 0. The van der Waals surface area contributed by atoms with E-state index in [4.69, 9.17) is 9.47 Å². The Hall–Kier alpha value is -2.98. The van der Waals surface area contributed by atoms with Crippen LogP contribution in [0.1, 0.15) is 50.3 Å². The van der Waals surface area contributed by atoms with E-state index in [0.717, 1.165) is 23.1 Å². The molecular weight excluding hydrogens is 432 g/mol. The molecule has 3 heteroatoms. The molecular formula is C32H38O3. The molecule has 0 saturated heterocycles. The molecule has 0 spiro atoms. The molecule has 0 fully saturated rings. The van der Waals surface area contributed by atoms with Crippen molar-refractivity contribution in [2.45, 2.75) is 50.9 Å². The first-order chi connectivity index (χ1) is 16.9. The molecule has 3 nitrogen and oxygen atoms in total. The lowest BCUT2D eigenvalue weighted by molar-refractivity contribution is -0.000165. The standard InChI is InChI=1S/C32H38O3/c1-31(2,3)34-25-15-13-23-30(33)24-14-16-26-35-32(27-17-7-4-8-18-27,28-19-9-5-10-20-28)29-21-11-6-12-22-29/h4-14,16-23,30,33H,15,24-26H2,1-3H3/b16-14+,23-13-/t30-/m0/s1. The topological polar surface area (TPSA) is 38.7 Å². The van der Waals surface area contributed by atoms with Gasteiger partial charge in [0, 0.05) is 0 Å². The maximum Gasteiger partial charge on any atom is 0.144 e. The summed E-state index contributed by atoms with van der Waals surface area (Å²) in [6.07, 6.45) is 8.58. The van der Waals surface area contributed by atoms with Crippen LogP contribution in [-0.2, 0) is 15.1 Å². The van der Waals surface area contributed by atoms with Crippen molar-refractivity contribution in [3.63, 3.8) is 0 Å². The predicted octanol–water partition coefficient (Wildman–Crippen LogP) is 7.06. The average Bonchev–Trinajstić information content (AvgIpc) is 2.87. The molecule has 0 heterocycles. The summed E-state index contributed by atoms with van der Waals surface area (Å²) in [6.45, 7) is 7.19. The van der Waals surface area contributed by atoms with Gasteiger partial charge in [-0.2, -0.15) is 0 Å². The lowest BCUT2D eigenvalue weighted by atomic mass is 9.80. The molecule has 0 aliphatic carbocycles. The van der Waals surface area contributed by atoms with Crippen LogP contribution in [0.15, 0.2) is 115 Å². The molecule has 35 heavy (non-hydrogen) atoms. The fraction of sp³-hybridized carbons (Fsp3) is 0.312. The van der Waals surface area contributed by atoms with E-state index < -0.39 is 11.7 Å². The van der Waals surface area contributed by atoms with Gasteiger partial charge in [-0.15, -0.1) is 0 Å². The first kappa shape index (κ1) is 26.6. The van der Waals surface area contributed by atoms with E-state index >= 15 is 0 Å². The fourth-order valence-electron chi connectivity index (χ4n) is 4.01. The van der Waals surface area contributed by atoms with Crippen molar-refractivity contribution in [1.82, 2.24) is 0 Å². The third-order valence-electron chi connectivity index (χ3n) is 5.66. The Balaban J connectivity index is 1.70. The summed E-state index contributed by atoms with van der Waals surface area (Å²) < 4.78 is 12.4. The van der Waals surface area contributed by atoms with Gasteiger partial charge in [-0.3, -0.25) is 0 Å². The zero-order valence-electron chi connectivity index (χ0n) is 21.1. The van der Waals surface area contributed by atoms with Crippen molar-refractivity contribution in [1.29, 1.82) is 0 Å². The van der Waals surface area contributed by atoms with E-state index in [1.807, 2.05) is 99.7 Å². The molecule has 3 aromatic carbocycles. The van der Waals surface area contributed by atoms with E-state index in [0.29, 0.717) is 19.6 Å². The normalized spacial score (nSPS) is 13.5. The van der Waals surface area contributed by atoms with Gasteiger partial charge in [0.25, 0.3) is 0 Å². The Morgan fingerprint density at radius 1 is 0.686 bits per heavy atom. The summed E-state index contributed by atoms with van der Waals surface area (Å²) in [5.74, 6) is 0. The molecule has 0 aromatic heterocycles. The SMILES string of the molecule is CC(C)(C)OCC/C=C\[C@H](O)C/C=C/COC(c1ccccc1)(c1ccccc1)c1ccccc1. The largest absolute Gasteiger partial charge is 0.389 e. The van der Waals surface area contributed by atoms with E-state index in [2.05, 4.69) is 36.4 Å². The predicted molar refractivity (Wildman–Crippen MR) is 144 cm³/mol. The van der Waals surface area contributed by atoms with Crippen LogP contribution in [0.4, 0.5) is 0 Å². The van der Waals surface area contributed by atoms with Crippen molar-refractivity contribution in [2.24, 2.45) is 0 Å². The summed E-state index contributed by atoms with van der Waals surface area (Å²) in [7, 11) is 0. The second-order valence-corrected chi connectivity index (χ2v) is 9.54. The molecule has 1 atom stereocenters. The van der Waals surface area contributed by atoms with Crippen LogP contribution in [-0.4, -0.2) is 30.0 Å². The van der Waals surface area contributed by atoms with Crippen molar-refractivity contribution in [3.05, 3.63) is 132 Å². The smallest absolute Gasteiger partial charge is 0.144 e. The van der Waals surface area contributed by atoms with Crippen LogP contribution >= 0.6 is 0 Å². The molecule has 0 aliphatic heterocycles. The molecule has 184 valence electrons. The monoisotopic (exact) mass is 470 g/mol. The third kappa shape index (κ3) is 8.03. The molecule has 0 radical (unpaired) electrons. The number of rotatable bonds is 12. The molecule has 0 aliphatic rings. The van der Waals surface area contributed by atoms with Crippen LogP contribution in [0, 0.1) is 0 Å². The molecule has 0 unspecified atom stereocenters. The molecule has 3 rings (SSSR count). The van der Waals surface area contributed by atoms with Crippen LogP contribution < -0.4 is 0 Å². The summed E-state index contributed by atoms with van der Waals surface area (Å²) in [5, 5.41) is 10.3. The summed E-state index contributed by atoms with van der Waals surface area (Å²) in [6, 6.07) is 31.0.